The van der Waals surface area contributed by atoms with E-state index in [0.29, 0.717) is 5.56 Å². The van der Waals surface area contributed by atoms with Crippen LogP contribution in [0.25, 0.3) is 0 Å². The molecule has 0 bridgehead atoms. The van der Waals surface area contributed by atoms with Gasteiger partial charge in [0.2, 0.25) is 11.8 Å². The molecule has 0 heterocycles. The number of alkyl carbamates (subject to hydrolysis) is 1. The second-order valence-electron chi connectivity index (χ2n) is 8.38. The highest BCUT2D eigenvalue weighted by atomic mass is 16.6. The summed E-state index contributed by atoms with van der Waals surface area (Å²) >= 11 is 0. The van der Waals surface area contributed by atoms with E-state index in [4.69, 9.17) is 9.47 Å². The van der Waals surface area contributed by atoms with Crippen molar-refractivity contribution in [1.82, 2.24) is 15.5 Å². The highest BCUT2D eigenvalue weighted by molar-refractivity contribution is 5.90. The van der Waals surface area contributed by atoms with E-state index in [9.17, 15) is 19.2 Å². The number of carbonyl (C=O) groups excluding carboxylic acids is 4. The van der Waals surface area contributed by atoms with Gasteiger partial charge in [-0.25, -0.2) is 4.79 Å². The van der Waals surface area contributed by atoms with Gasteiger partial charge in [0.25, 0.3) is 0 Å². The Bertz CT molecular complexity index is 801. The molecule has 0 aliphatic rings. The van der Waals surface area contributed by atoms with Crippen LogP contribution < -0.4 is 10.6 Å². The number of esters is 1. The maximum Gasteiger partial charge on any atom is 0.408 e. The summed E-state index contributed by atoms with van der Waals surface area (Å²) in [7, 11) is 0. The van der Waals surface area contributed by atoms with E-state index in [1.54, 1.807) is 34.6 Å². The van der Waals surface area contributed by atoms with Gasteiger partial charge >= 0.3 is 12.1 Å². The minimum Gasteiger partial charge on any atom is -0.466 e. The van der Waals surface area contributed by atoms with E-state index in [1.807, 2.05) is 31.2 Å². The van der Waals surface area contributed by atoms with Crippen molar-refractivity contribution in [3.8, 4) is 0 Å². The first-order chi connectivity index (χ1) is 15.5. The minimum absolute atomic E-state index is 0.0291. The van der Waals surface area contributed by atoms with Gasteiger partial charge in [-0.2, -0.15) is 0 Å². The molecule has 184 valence electrons. The Morgan fingerprint density at radius 3 is 2.15 bits per heavy atom. The van der Waals surface area contributed by atoms with Gasteiger partial charge in [-0.15, -0.1) is 0 Å². The van der Waals surface area contributed by atoms with Crippen LogP contribution in [0.2, 0.25) is 0 Å². The van der Waals surface area contributed by atoms with Crippen molar-refractivity contribution in [3.63, 3.8) is 0 Å². The number of rotatable bonds is 11. The van der Waals surface area contributed by atoms with Crippen LogP contribution >= 0.6 is 0 Å². The van der Waals surface area contributed by atoms with Gasteiger partial charge in [0.1, 0.15) is 18.2 Å². The first kappa shape index (κ1) is 27.9. The van der Waals surface area contributed by atoms with E-state index >= 15 is 0 Å². The molecule has 3 amide bonds. The Hall–Kier alpha value is -3.10. The summed E-state index contributed by atoms with van der Waals surface area (Å²) in [6.45, 7) is 10.9. The molecule has 9 nitrogen and oxygen atoms in total. The maximum absolute atomic E-state index is 13.1. The fraction of sp³-hybridized carbons (Fsp3) is 0.583. The predicted molar refractivity (Wildman–Crippen MR) is 124 cm³/mol. The average Bonchev–Trinajstić information content (AvgIpc) is 2.74. The van der Waals surface area contributed by atoms with Gasteiger partial charge in [-0.1, -0.05) is 31.2 Å². The zero-order valence-corrected chi connectivity index (χ0v) is 20.5. The maximum atomic E-state index is 13.1. The number of carbonyl (C=O) groups is 4. The molecule has 0 spiro atoms. The highest BCUT2D eigenvalue weighted by Gasteiger charge is 2.30. The Morgan fingerprint density at radius 1 is 1.00 bits per heavy atom. The molecule has 0 saturated heterocycles. The predicted octanol–water partition coefficient (Wildman–Crippen LogP) is 2.73. The number of amides is 3. The molecule has 33 heavy (non-hydrogen) atoms. The molecule has 1 atom stereocenters. The lowest BCUT2D eigenvalue weighted by Gasteiger charge is -2.30. The fourth-order valence-corrected chi connectivity index (χ4v) is 3.09. The van der Waals surface area contributed by atoms with Crippen molar-refractivity contribution in [1.29, 1.82) is 0 Å². The number of hydrogen-bond donors (Lipinski definition) is 2. The Labute approximate surface area is 196 Å². The van der Waals surface area contributed by atoms with Crippen LogP contribution in [0.1, 0.15) is 65.1 Å². The number of aryl methyl sites for hydroxylation is 1. The molecule has 9 heteroatoms. The lowest BCUT2D eigenvalue weighted by Crippen LogP contribution is -2.48. The third-order valence-electron chi connectivity index (χ3n) is 4.64. The van der Waals surface area contributed by atoms with Crippen molar-refractivity contribution in [2.75, 3.05) is 26.2 Å². The highest BCUT2D eigenvalue weighted by Crippen LogP contribution is 2.22. The smallest absolute Gasteiger partial charge is 0.408 e. The van der Waals surface area contributed by atoms with Gasteiger partial charge in [0, 0.05) is 13.1 Å². The van der Waals surface area contributed by atoms with Gasteiger partial charge in [-0.3, -0.25) is 14.4 Å². The molecule has 0 fully saturated rings. The second kappa shape index (κ2) is 13.4. The monoisotopic (exact) mass is 463 g/mol. The zero-order valence-electron chi connectivity index (χ0n) is 20.5. The Balaban J connectivity index is 3.00. The van der Waals surface area contributed by atoms with Crippen LogP contribution in [0.15, 0.2) is 24.3 Å². The molecule has 2 N–H and O–H groups in total. The number of nitrogens with zero attached hydrogens (tertiary/aromatic N) is 1. The standard InChI is InChI=1S/C24H37N3O6/c1-7-17-10-12-18(13-11-17)21(22(30)25-15-14-20(29)32-9-3)27(8-2)19(28)16-26-23(31)33-24(4,5)6/h10-13,21H,7-9,14-16H2,1-6H3,(H,25,30)(H,26,31). The lowest BCUT2D eigenvalue weighted by atomic mass is 10.0. The number of hydrogen-bond acceptors (Lipinski definition) is 6. The third kappa shape index (κ3) is 9.93. The van der Waals surface area contributed by atoms with Crippen LogP contribution in [0.3, 0.4) is 0 Å². The molecular formula is C24H37N3O6. The Kier molecular flexibility index (Phi) is 11.4. The topological polar surface area (TPSA) is 114 Å². The SMILES string of the molecule is CCOC(=O)CCNC(=O)C(c1ccc(CC)cc1)N(CC)C(=O)CNC(=O)OC(C)(C)C. The normalized spacial score (nSPS) is 11.8. The molecule has 1 aromatic rings. The fourth-order valence-electron chi connectivity index (χ4n) is 3.09. The molecule has 0 aromatic heterocycles. The van der Waals surface area contributed by atoms with Gasteiger partial charge in [-0.05, 0) is 52.2 Å². The number of benzene rings is 1. The lowest BCUT2D eigenvalue weighted by molar-refractivity contribution is -0.143. The van der Waals surface area contributed by atoms with Gasteiger partial charge in [0.05, 0.1) is 13.0 Å². The molecule has 0 aliphatic heterocycles. The number of likely N-dealkylation sites (N-methyl/N-ethyl adjacent to an activating group) is 1. The van der Waals surface area contributed by atoms with E-state index in [0.717, 1.165) is 12.0 Å². The van der Waals surface area contributed by atoms with Crippen molar-refractivity contribution < 1.29 is 28.7 Å². The summed E-state index contributed by atoms with van der Waals surface area (Å²) in [5.41, 5.74) is 1.04. The van der Waals surface area contributed by atoms with Gasteiger partial charge < -0.3 is 25.0 Å². The van der Waals surface area contributed by atoms with E-state index in [1.165, 1.54) is 4.90 Å². The van der Waals surface area contributed by atoms with Crippen LogP contribution in [0, 0.1) is 0 Å². The summed E-state index contributed by atoms with van der Waals surface area (Å²) in [4.78, 5) is 51.0. The second-order valence-corrected chi connectivity index (χ2v) is 8.38. The summed E-state index contributed by atoms with van der Waals surface area (Å²) in [6, 6.07) is 6.52. The molecule has 0 aliphatic carbocycles. The first-order valence-electron chi connectivity index (χ1n) is 11.3. The molecule has 0 saturated carbocycles. The van der Waals surface area contributed by atoms with Crippen molar-refractivity contribution in [2.45, 2.75) is 66.0 Å². The van der Waals surface area contributed by atoms with Crippen molar-refractivity contribution >= 4 is 23.9 Å². The van der Waals surface area contributed by atoms with Crippen LogP contribution in [0.4, 0.5) is 4.79 Å². The minimum atomic E-state index is -0.920. The zero-order chi connectivity index (χ0) is 25.0. The molecule has 0 radical (unpaired) electrons. The summed E-state index contributed by atoms with van der Waals surface area (Å²) < 4.78 is 10.1. The van der Waals surface area contributed by atoms with Crippen molar-refractivity contribution in [3.05, 3.63) is 35.4 Å². The van der Waals surface area contributed by atoms with E-state index in [-0.39, 0.29) is 32.7 Å². The van der Waals surface area contributed by atoms with Crippen LogP contribution in [0.5, 0.6) is 0 Å². The number of ether oxygens (including phenoxy) is 2. The molecule has 1 aromatic carbocycles. The largest absolute Gasteiger partial charge is 0.466 e. The quantitative estimate of drug-likeness (QED) is 0.488. The van der Waals surface area contributed by atoms with E-state index in [2.05, 4.69) is 10.6 Å². The summed E-state index contributed by atoms with van der Waals surface area (Å²) in [5.74, 6) is -1.27. The van der Waals surface area contributed by atoms with Crippen molar-refractivity contribution in [2.24, 2.45) is 0 Å². The summed E-state index contributed by atoms with van der Waals surface area (Å²) in [5, 5.41) is 5.16. The third-order valence-corrected chi connectivity index (χ3v) is 4.64. The molecule has 1 rings (SSSR count). The Morgan fingerprint density at radius 2 is 1.64 bits per heavy atom. The first-order valence-corrected chi connectivity index (χ1v) is 11.3. The van der Waals surface area contributed by atoms with Gasteiger partial charge in [0.15, 0.2) is 0 Å². The van der Waals surface area contributed by atoms with E-state index < -0.39 is 35.5 Å². The average molecular weight is 464 g/mol. The van der Waals surface area contributed by atoms with Crippen LogP contribution in [-0.2, 0) is 30.3 Å². The molecule has 1 unspecified atom stereocenters. The molecular weight excluding hydrogens is 426 g/mol. The summed E-state index contributed by atoms with van der Waals surface area (Å²) in [6.07, 6.45) is 0.156. The van der Waals surface area contributed by atoms with Crippen LogP contribution in [-0.4, -0.2) is 60.6 Å². The number of nitrogens with one attached hydrogen (secondary N) is 2.